The van der Waals surface area contributed by atoms with Crippen molar-refractivity contribution in [1.29, 1.82) is 0 Å². The number of nitrogens with zero attached hydrogens (tertiary/aromatic N) is 2. The van der Waals surface area contributed by atoms with Crippen LogP contribution in [0.25, 0.3) is 0 Å². The monoisotopic (exact) mass is 343 g/mol. The molecule has 1 unspecified atom stereocenters. The Morgan fingerprint density at radius 1 is 1.24 bits per heavy atom. The number of hydrogen-bond acceptors (Lipinski definition) is 3. The van der Waals surface area contributed by atoms with E-state index in [0.717, 1.165) is 11.1 Å². The third-order valence-corrected chi connectivity index (χ3v) is 4.80. The Bertz CT molecular complexity index is 708. The summed E-state index contributed by atoms with van der Waals surface area (Å²) in [6.07, 6.45) is 0.594. The minimum Gasteiger partial charge on any atom is -0.351 e. The molecule has 3 amide bonds. The van der Waals surface area contributed by atoms with Gasteiger partial charge in [0.05, 0.1) is 6.04 Å². The Labute approximate surface area is 148 Å². The molecule has 0 saturated carbocycles. The maximum absolute atomic E-state index is 12.3. The van der Waals surface area contributed by atoms with Crippen LogP contribution in [-0.4, -0.2) is 52.2 Å². The summed E-state index contributed by atoms with van der Waals surface area (Å²) in [5.74, 6) is -0.0568. The molecule has 0 radical (unpaired) electrons. The first kappa shape index (κ1) is 17.5. The molecule has 2 aliphatic rings. The number of rotatable bonds is 4. The van der Waals surface area contributed by atoms with Gasteiger partial charge in [0.2, 0.25) is 11.8 Å². The highest BCUT2D eigenvalue weighted by Gasteiger charge is 2.36. The van der Waals surface area contributed by atoms with Crippen LogP contribution in [0.5, 0.6) is 0 Å². The number of benzene rings is 1. The molecule has 1 fully saturated rings. The van der Waals surface area contributed by atoms with Gasteiger partial charge in [0.1, 0.15) is 0 Å². The first-order valence-corrected chi connectivity index (χ1v) is 8.73. The van der Waals surface area contributed by atoms with Gasteiger partial charge >= 0.3 is 0 Å². The van der Waals surface area contributed by atoms with E-state index in [2.05, 4.69) is 5.32 Å². The average Bonchev–Trinajstić information content (AvgIpc) is 3.06. The molecule has 0 spiro atoms. The molecule has 0 aromatic heterocycles. The van der Waals surface area contributed by atoms with Crippen molar-refractivity contribution in [3.05, 3.63) is 35.4 Å². The van der Waals surface area contributed by atoms with E-state index in [1.54, 1.807) is 9.80 Å². The molecule has 1 atom stereocenters. The van der Waals surface area contributed by atoms with Crippen LogP contribution in [0.1, 0.15) is 49.5 Å². The van der Waals surface area contributed by atoms with E-state index in [-0.39, 0.29) is 35.7 Å². The van der Waals surface area contributed by atoms with Gasteiger partial charge in [-0.1, -0.05) is 18.2 Å². The smallest absolute Gasteiger partial charge is 0.254 e. The highest BCUT2D eigenvalue weighted by molar-refractivity contribution is 5.98. The molecule has 0 aliphatic carbocycles. The van der Waals surface area contributed by atoms with Crippen molar-refractivity contribution in [3.63, 3.8) is 0 Å². The number of carbonyl (C=O) groups excluding carboxylic acids is 3. The molecule has 134 valence electrons. The van der Waals surface area contributed by atoms with Gasteiger partial charge < -0.3 is 15.1 Å². The summed E-state index contributed by atoms with van der Waals surface area (Å²) in [6.45, 7) is 7.47. The molecule has 0 bridgehead atoms. The van der Waals surface area contributed by atoms with Gasteiger partial charge in [-0.3, -0.25) is 14.4 Å². The van der Waals surface area contributed by atoms with E-state index < -0.39 is 0 Å². The lowest BCUT2D eigenvalue weighted by atomic mass is 10.1. The second-order valence-electron chi connectivity index (χ2n) is 7.78. The van der Waals surface area contributed by atoms with Gasteiger partial charge in [0.15, 0.2) is 0 Å². The number of hydrogen-bond donors (Lipinski definition) is 1. The SMILES string of the molecule is CC(C)(C)N1CC(NC(=O)CCN2Cc3ccccc3C2=O)CC1=O. The molecule has 6 nitrogen and oxygen atoms in total. The summed E-state index contributed by atoms with van der Waals surface area (Å²) in [5, 5.41) is 2.93. The van der Waals surface area contributed by atoms with Crippen LogP contribution in [0.2, 0.25) is 0 Å². The Balaban J connectivity index is 1.49. The lowest BCUT2D eigenvalue weighted by Crippen LogP contribution is -2.44. The molecule has 2 heterocycles. The first-order chi connectivity index (χ1) is 11.8. The maximum Gasteiger partial charge on any atom is 0.254 e. The summed E-state index contributed by atoms with van der Waals surface area (Å²) >= 11 is 0. The standard InChI is InChI=1S/C19H25N3O3/c1-19(2,3)22-12-14(10-17(22)24)20-16(23)8-9-21-11-13-6-4-5-7-15(13)18(21)25/h4-7,14H,8-12H2,1-3H3,(H,20,23). The van der Waals surface area contributed by atoms with E-state index in [1.165, 1.54) is 0 Å². The summed E-state index contributed by atoms with van der Waals surface area (Å²) in [4.78, 5) is 40.1. The van der Waals surface area contributed by atoms with E-state index in [9.17, 15) is 14.4 Å². The van der Waals surface area contributed by atoms with Crippen LogP contribution >= 0.6 is 0 Å². The molecule has 1 aromatic carbocycles. The normalized spacial score (nSPS) is 20.2. The Morgan fingerprint density at radius 3 is 2.60 bits per heavy atom. The van der Waals surface area contributed by atoms with Gasteiger partial charge in [-0.25, -0.2) is 0 Å². The predicted molar refractivity (Wildman–Crippen MR) is 93.8 cm³/mol. The number of amides is 3. The zero-order valence-corrected chi connectivity index (χ0v) is 15.0. The van der Waals surface area contributed by atoms with Crippen LogP contribution in [0.4, 0.5) is 0 Å². The van der Waals surface area contributed by atoms with E-state index in [1.807, 2.05) is 45.0 Å². The minimum atomic E-state index is -0.232. The summed E-state index contributed by atoms with van der Waals surface area (Å²) in [7, 11) is 0. The number of likely N-dealkylation sites (tertiary alicyclic amines) is 1. The second-order valence-corrected chi connectivity index (χ2v) is 7.78. The fraction of sp³-hybridized carbons (Fsp3) is 0.526. The van der Waals surface area contributed by atoms with Gasteiger partial charge in [-0.2, -0.15) is 0 Å². The van der Waals surface area contributed by atoms with Gasteiger partial charge in [-0.05, 0) is 32.4 Å². The van der Waals surface area contributed by atoms with Crippen LogP contribution in [0.3, 0.4) is 0 Å². The van der Waals surface area contributed by atoms with Crippen molar-refractivity contribution in [3.8, 4) is 0 Å². The summed E-state index contributed by atoms with van der Waals surface area (Å²) in [5.41, 5.74) is 1.50. The molecule has 2 aliphatic heterocycles. The molecule has 1 N–H and O–H groups in total. The van der Waals surface area contributed by atoms with E-state index >= 15 is 0 Å². The number of nitrogens with one attached hydrogen (secondary N) is 1. The van der Waals surface area contributed by atoms with Crippen molar-refractivity contribution in [1.82, 2.24) is 15.1 Å². The van der Waals surface area contributed by atoms with Crippen LogP contribution in [0, 0.1) is 0 Å². The number of fused-ring (bicyclic) bond motifs is 1. The predicted octanol–water partition coefficient (Wildman–Crippen LogP) is 1.55. The van der Waals surface area contributed by atoms with Gasteiger partial charge in [0.25, 0.3) is 5.91 Å². The maximum atomic E-state index is 12.3. The van der Waals surface area contributed by atoms with Gasteiger partial charge in [-0.15, -0.1) is 0 Å². The molecule has 1 aromatic rings. The van der Waals surface area contributed by atoms with Crippen LogP contribution < -0.4 is 5.32 Å². The lowest BCUT2D eigenvalue weighted by Gasteiger charge is -2.32. The van der Waals surface area contributed by atoms with Crippen LogP contribution in [-0.2, 0) is 16.1 Å². The quantitative estimate of drug-likeness (QED) is 0.902. The lowest BCUT2D eigenvalue weighted by molar-refractivity contribution is -0.131. The van der Waals surface area contributed by atoms with Crippen molar-refractivity contribution >= 4 is 17.7 Å². The Kier molecular flexibility index (Phi) is 4.54. The highest BCUT2D eigenvalue weighted by Crippen LogP contribution is 2.23. The topological polar surface area (TPSA) is 69.7 Å². The zero-order valence-electron chi connectivity index (χ0n) is 15.0. The first-order valence-electron chi connectivity index (χ1n) is 8.73. The number of carbonyl (C=O) groups is 3. The fourth-order valence-electron chi connectivity index (χ4n) is 3.48. The minimum absolute atomic E-state index is 0.0154. The third-order valence-electron chi connectivity index (χ3n) is 4.80. The van der Waals surface area contributed by atoms with E-state index in [4.69, 9.17) is 0 Å². The molecule has 25 heavy (non-hydrogen) atoms. The molecular weight excluding hydrogens is 318 g/mol. The van der Waals surface area contributed by atoms with Crippen molar-refractivity contribution in [2.24, 2.45) is 0 Å². The largest absolute Gasteiger partial charge is 0.351 e. The van der Waals surface area contributed by atoms with Crippen molar-refractivity contribution in [2.45, 2.75) is 51.7 Å². The zero-order chi connectivity index (χ0) is 18.2. The fourth-order valence-corrected chi connectivity index (χ4v) is 3.48. The Morgan fingerprint density at radius 2 is 1.96 bits per heavy atom. The molecule has 1 saturated heterocycles. The summed E-state index contributed by atoms with van der Waals surface area (Å²) in [6, 6.07) is 7.39. The third kappa shape index (κ3) is 3.67. The van der Waals surface area contributed by atoms with Crippen molar-refractivity contribution < 1.29 is 14.4 Å². The highest BCUT2D eigenvalue weighted by atomic mass is 16.2. The average molecular weight is 343 g/mol. The Hall–Kier alpha value is -2.37. The van der Waals surface area contributed by atoms with E-state index in [0.29, 0.717) is 26.1 Å². The molecule has 3 rings (SSSR count). The van der Waals surface area contributed by atoms with Crippen LogP contribution in [0.15, 0.2) is 24.3 Å². The molecular formula is C19H25N3O3. The molecule has 6 heteroatoms. The van der Waals surface area contributed by atoms with Crippen molar-refractivity contribution in [2.75, 3.05) is 13.1 Å². The second kappa shape index (κ2) is 6.50. The summed E-state index contributed by atoms with van der Waals surface area (Å²) < 4.78 is 0. The van der Waals surface area contributed by atoms with Gasteiger partial charge in [0, 0.05) is 43.6 Å².